The maximum Gasteiger partial charge on any atom is 0.0928 e. The van der Waals surface area contributed by atoms with Gasteiger partial charge in [0.1, 0.15) is 0 Å². The lowest BCUT2D eigenvalue weighted by Crippen LogP contribution is -1.90. The zero-order chi connectivity index (χ0) is 12.4. The first-order chi connectivity index (χ1) is 8.11. The Morgan fingerprint density at radius 2 is 2.06 bits per heavy atom. The predicted octanol–water partition coefficient (Wildman–Crippen LogP) is 5.71. The molecule has 1 heterocycles. The fourth-order valence-electron chi connectivity index (χ4n) is 1.65. The second kappa shape index (κ2) is 5.55. The van der Waals surface area contributed by atoms with Gasteiger partial charge in [-0.25, -0.2) is 0 Å². The van der Waals surface area contributed by atoms with E-state index in [2.05, 4.69) is 60.1 Å². The average molecular weight is 330 g/mol. The van der Waals surface area contributed by atoms with Gasteiger partial charge >= 0.3 is 0 Å². The van der Waals surface area contributed by atoms with Crippen LogP contribution in [0.5, 0.6) is 0 Å². The Kier molecular flexibility index (Phi) is 4.29. The minimum absolute atomic E-state index is 0.0443. The Morgan fingerprint density at radius 3 is 2.65 bits per heavy atom. The fourth-order valence-corrected chi connectivity index (χ4v) is 3.35. The molecule has 0 bridgehead atoms. The van der Waals surface area contributed by atoms with E-state index in [-0.39, 0.29) is 5.38 Å². The molecule has 0 nitrogen and oxygen atoms in total. The molecule has 0 N–H and O–H groups in total. The Hall–Kier alpha value is -0.310. The second-order valence-electron chi connectivity index (χ2n) is 4.03. The highest BCUT2D eigenvalue weighted by Gasteiger charge is 2.13. The molecule has 3 heteroatoms. The average Bonchev–Trinajstić information content (AvgIpc) is 2.80. The molecule has 1 aromatic carbocycles. The lowest BCUT2D eigenvalue weighted by Gasteiger charge is -2.09. The Bertz CT molecular complexity index is 519. The molecule has 0 aliphatic carbocycles. The summed E-state index contributed by atoms with van der Waals surface area (Å²) < 4.78 is 1.12. The molecule has 1 aromatic heterocycles. The van der Waals surface area contributed by atoms with Crippen LogP contribution in [0.15, 0.2) is 34.8 Å². The van der Waals surface area contributed by atoms with Gasteiger partial charge in [-0.15, -0.1) is 22.9 Å². The van der Waals surface area contributed by atoms with Crippen molar-refractivity contribution in [3.05, 3.63) is 55.7 Å². The van der Waals surface area contributed by atoms with Crippen LogP contribution < -0.4 is 0 Å². The molecule has 2 rings (SSSR count). The fraction of sp³-hybridized carbons (Fsp3) is 0.286. The molecule has 0 saturated carbocycles. The zero-order valence-electron chi connectivity index (χ0n) is 9.84. The van der Waals surface area contributed by atoms with Gasteiger partial charge in [0.05, 0.1) is 5.38 Å². The van der Waals surface area contributed by atoms with Crippen LogP contribution in [0, 0.1) is 6.92 Å². The first kappa shape index (κ1) is 13.1. The van der Waals surface area contributed by atoms with Gasteiger partial charge in [-0.05, 0) is 42.7 Å². The molecule has 0 fully saturated rings. The largest absolute Gasteiger partial charge is 0.143 e. The number of halogens is 2. The lowest BCUT2D eigenvalue weighted by atomic mass is 10.1. The van der Waals surface area contributed by atoms with Crippen molar-refractivity contribution in [1.82, 2.24) is 0 Å². The van der Waals surface area contributed by atoms with E-state index in [1.54, 1.807) is 11.3 Å². The SMILES string of the molecule is CCc1ccc(C(Cl)c2ccc(C)c(Br)c2)s1. The van der Waals surface area contributed by atoms with Crippen LogP contribution >= 0.6 is 38.9 Å². The van der Waals surface area contributed by atoms with E-state index in [1.807, 2.05) is 0 Å². The molecule has 0 aliphatic heterocycles. The highest BCUT2D eigenvalue weighted by molar-refractivity contribution is 9.10. The summed E-state index contributed by atoms with van der Waals surface area (Å²) in [7, 11) is 0. The van der Waals surface area contributed by atoms with Crippen molar-refractivity contribution in [3.63, 3.8) is 0 Å². The number of hydrogen-bond acceptors (Lipinski definition) is 1. The first-order valence-corrected chi connectivity index (χ1v) is 7.65. The summed E-state index contributed by atoms with van der Waals surface area (Å²) in [6.45, 7) is 4.25. The number of aryl methyl sites for hydroxylation is 2. The van der Waals surface area contributed by atoms with E-state index in [0.717, 1.165) is 16.5 Å². The van der Waals surface area contributed by atoms with Gasteiger partial charge in [0.25, 0.3) is 0 Å². The van der Waals surface area contributed by atoms with Crippen molar-refractivity contribution in [2.45, 2.75) is 25.6 Å². The second-order valence-corrected chi connectivity index (χ2v) is 6.52. The molecular formula is C14H14BrClS. The van der Waals surface area contributed by atoms with Gasteiger partial charge in [-0.3, -0.25) is 0 Å². The van der Waals surface area contributed by atoms with Crippen LogP contribution in [0.25, 0.3) is 0 Å². The van der Waals surface area contributed by atoms with Crippen molar-refractivity contribution in [3.8, 4) is 0 Å². The van der Waals surface area contributed by atoms with Gasteiger partial charge in [0, 0.05) is 14.2 Å². The monoisotopic (exact) mass is 328 g/mol. The highest BCUT2D eigenvalue weighted by Crippen LogP contribution is 2.35. The quantitative estimate of drug-likeness (QED) is 0.633. The minimum atomic E-state index is -0.0443. The van der Waals surface area contributed by atoms with Gasteiger partial charge in [0.15, 0.2) is 0 Å². The molecule has 90 valence electrons. The van der Waals surface area contributed by atoms with Crippen LogP contribution in [0.3, 0.4) is 0 Å². The van der Waals surface area contributed by atoms with Crippen LogP contribution in [0.1, 0.15) is 33.2 Å². The minimum Gasteiger partial charge on any atom is -0.143 e. The van der Waals surface area contributed by atoms with Crippen LogP contribution in [0.4, 0.5) is 0 Å². The molecule has 0 aliphatic rings. The maximum absolute atomic E-state index is 6.52. The third-order valence-electron chi connectivity index (χ3n) is 2.77. The van der Waals surface area contributed by atoms with E-state index in [9.17, 15) is 0 Å². The van der Waals surface area contributed by atoms with Gasteiger partial charge in [0.2, 0.25) is 0 Å². The third kappa shape index (κ3) is 2.93. The van der Waals surface area contributed by atoms with Crippen LogP contribution in [0.2, 0.25) is 0 Å². The number of benzene rings is 1. The molecule has 0 amide bonds. The van der Waals surface area contributed by atoms with E-state index in [0.29, 0.717) is 0 Å². The van der Waals surface area contributed by atoms with Crippen molar-refractivity contribution >= 4 is 38.9 Å². The number of thiophene rings is 1. The molecular weight excluding hydrogens is 316 g/mol. The van der Waals surface area contributed by atoms with Crippen molar-refractivity contribution < 1.29 is 0 Å². The molecule has 0 spiro atoms. The van der Waals surface area contributed by atoms with Crippen LogP contribution in [-0.4, -0.2) is 0 Å². The van der Waals surface area contributed by atoms with E-state index in [4.69, 9.17) is 11.6 Å². The van der Waals surface area contributed by atoms with Crippen molar-refractivity contribution in [2.24, 2.45) is 0 Å². The zero-order valence-corrected chi connectivity index (χ0v) is 13.0. The molecule has 0 saturated heterocycles. The molecule has 17 heavy (non-hydrogen) atoms. The van der Waals surface area contributed by atoms with Crippen molar-refractivity contribution in [2.75, 3.05) is 0 Å². The van der Waals surface area contributed by atoms with Gasteiger partial charge in [-0.2, -0.15) is 0 Å². The van der Waals surface area contributed by atoms with Crippen LogP contribution in [-0.2, 0) is 6.42 Å². The molecule has 1 atom stereocenters. The first-order valence-electron chi connectivity index (χ1n) is 5.60. The Morgan fingerprint density at radius 1 is 1.29 bits per heavy atom. The van der Waals surface area contributed by atoms with E-state index >= 15 is 0 Å². The topological polar surface area (TPSA) is 0 Å². The number of alkyl halides is 1. The van der Waals surface area contributed by atoms with E-state index in [1.165, 1.54) is 15.3 Å². The third-order valence-corrected chi connectivity index (χ3v) is 5.53. The molecule has 0 radical (unpaired) electrons. The number of rotatable bonds is 3. The van der Waals surface area contributed by atoms with Gasteiger partial charge < -0.3 is 0 Å². The van der Waals surface area contributed by atoms with Gasteiger partial charge in [-0.1, -0.05) is 35.0 Å². The predicted molar refractivity (Wildman–Crippen MR) is 80.3 cm³/mol. The summed E-state index contributed by atoms with van der Waals surface area (Å²) in [6, 6.07) is 10.6. The maximum atomic E-state index is 6.52. The summed E-state index contributed by atoms with van der Waals surface area (Å²) in [5.74, 6) is 0. The Labute approximate surface area is 120 Å². The summed E-state index contributed by atoms with van der Waals surface area (Å²) in [5, 5.41) is -0.0443. The summed E-state index contributed by atoms with van der Waals surface area (Å²) in [6.07, 6.45) is 1.08. The molecule has 2 aromatic rings. The summed E-state index contributed by atoms with van der Waals surface area (Å²) in [4.78, 5) is 2.61. The standard InChI is InChI=1S/C14H14BrClS/c1-3-11-6-7-13(17-11)14(16)10-5-4-9(2)12(15)8-10/h4-8,14H,3H2,1-2H3. The molecule has 1 unspecified atom stereocenters. The van der Waals surface area contributed by atoms with Crippen molar-refractivity contribution in [1.29, 1.82) is 0 Å². The number of hydrogen-bond donors (Lipinski definition) is 0. The smallest absolute Gasteiger partial charge is 0.0928 e. The van der Waals surface area contributed by atoms with E-state index < -0.39 is 0 Å². The summed E-state index contributed by atoms with van der Waals surface area (Å²) >= 11 is 11.9. The Balaban J connectivity index is 2.29. The lowest BCUT2D eigenvalue weighted by molar-refractivity contribution is 1.17. The highest BCUT2D eigenvalue weighted by atomic mass is 79.9. The normalized spacial score (nSPS) is 12.7. The summed E-state index contributed by atoms with van der Waals surface area (Å²) in [5.41, 5.74) is 2.38.